The molecular weight excluding hydrogens is 975 g/mol. The quantitative estimate of drug-likeness (QED) is 0.0447. The number of hydrogen-bond donors (Lipinski definition) is 0. The zero-order valence-corrected chi connectivity index (χ0v) is 45.4. The Morgan fingerprint density at radius 1 is 0.417 bits per heavy atom. The Morgan fingerprint density at radius 3 is 1.29 bits per heavy atom. The number of aldehydes is 1. The van der Waals surface area contributed by atoms with Crippen LogP contribution in [0.25, 0.3) is 72.3 Å². The van der Waals surface area contributed by atoms with Gasteiger partial charge in [0.2, 0.25) is 0 Å². The first-order chi connectivity index (χ1) is 35.6. The molecule has 0 atom stereocenters. The summed E-state index contributed by atoms with van der Waals surface area (Å²) in [5.41, 5.74) is 13.7. The minimum absolute atomic E-state index is 0.701. The Labute approximate surface area is 446 Å². The molecule has 0 saturated carbocycles. The van der Waals surface area contributed by atoms with Crippen molar-refractivity contribution in [2.45, 2.75) is 104 Å². The predicted octanol–water partition coefficient (Wildman–Crippen LogP) is 21.0. The maximum atomic E-state index is 11.4. The van der Waals surface area contributed by atoms with Gasteiger partial charge in [0.15, 0.2) is 0 Å². The molecule has 10 aromatic rings. The lowest BCUT2D eigenvalue weighted by Crippen LogP contribution is -2.09. The first-order valence-corrected chi connectivity index (χ1v) is 29.9. The second-order valence-electron chi connectivity index (χ2n) is 18.7. The normalized spacial score (nSPS) is 11.5. The number of para-hydroxylation sites is 2. The molecule has 5 aromatic heterocycles. The van der Waals surface area contributed by atoms with E-state index in [-0.39, 0.29) is 0 Å². The average Bonchev–Trinajstić information content (AvgIpc) is 4.30. The summed E-state index contributed by atoms with van der Waals surface area (Å²) >= 11 is 8.87. The van der Waals surface area contributed by atoms with Gasteiger partial charge in [-0.2, -0.15) is 8.75 Å². The van der Waals surface area contributed by atoms with Gasteiger partial charge in [0.05, 0.1) is 11.7 Å². The number of rotatable bonds is 24. The van der Waals surface area contributed by atoms with Gasteiger partial charge in [0, 0.05) is 72.8 Å². The molecule has 0 bridgehead atoms. The third-order valence-electron chi connectivity index (χ3n) is 13.6. The summed E-state index contributed by atoms with van der Waals surface area (Å²) in [5, 5.41) is 0. The number of unbranched alkanes of at least 4 members (excludes halogenated alkanes) is 10. The number of nitrogens with zero attached hydrogens (tertiary/aromatic N) is 3. The third-order valence-corrected chi connectivity index (χ3v) is 19.2. The number of aryl methyl sites for hydroxylation is 2. The van der Waals surface area contributed by atoms with E-state index >= 15 is 0 Å². The van der Waals surface area contributed by atoms with Crippen molar-refractivity contribution in [1.82, 2.24) is 8.75 Å². The van der Waals surface area contributed by atoms with E-state index in [0.29, 0.717) is 5.56 Å². The van der Waals surface area contributed by atoms with Gasteiger partial charge in [0.25, 0.3) is 0 Å². The summed E-state index contributed by atoms with van der Waals surface area (Å²) in [6.07, 6.45) is 18.3. The maximum Gasteiger partial charge on any atom is 0.150 e. The van der Waals surface area contributed by atoms with Crippen LogP contribution in [0.15, 0.2) is 158 Å². The fourth-order valence-electron chi connectivity index (χ4n) is 9.70. The Hall–Kier alpha value is -5.81. The molecule has 0 unspecified atom stereocenters. The number of carbonyl (C=O) groups excluding carboxylic acids is 1. The highest BCUT2D eigenvalue weighted by atomic mass is 32.1. The number of anilines is 3. The van der Waals surface area contributed by atoms with Gasteiger partial charge in [-0.25, -0.2) is 0 Å². The highest BCUT2D eigenvalue weighted by molar-refractivity contribution is 7.26. The van der Waals surface area contributed by atoms with Crippen molar-refractivity contribution in [3.05, 3.63) is 174 Å². The molecular formula is C63H61N3OS5. The predicted molar refractivity (Wildman–Crippen MR) is 316 cm³/mol. The van der Waals surface area contributed by atoms with E-state index < -0.39 is 0 Å². The summed E-state index contributed by atoms with van der Waals surface area (Å²) in [6.45, 7) is 4.58. The van der Waals surface area contributed by atoms with Crippen molar-refractivity contribution in [2.24, 2.45) is 0 Å². The topological polar surface area (TPSA) is 46.1 Å². The second kappa shape index (κ2) is 24.3. The standard InChI is InChI=1S/C63H61N3OS5/c1-3-5-7-9-11-15-21-47-41-58(70-62(47)56-39-37-54(68-56)45-29-27-44(43-67)28-30-45)52-35-36-53(61-60(52)64-72-65-61)59-42-48(22-16-12-10-8-6-4-2)63(71-59)57-40-38-55(69-57)46-31-33-51(34-32-46)66(49-23-17-13-18-24-49)50-25-19-14-20-26-50/h13-14,17-20,23-43H,3-12,15-16,21-22H2,1-2H3. The molecule has 0 aliphatic carbocycles. The molecule has 0 saturated heterocycles. The summed E-state index contributed by atoms with van der Waals surface area (Å²) in [4.78, 5) is 24.0. The zero-order chi connectivity index (χ0) is 49.1. The van der Waals surface area contributed by atoms with E-state index in [0.717, 1.165) is 58.4 Å². The van der Waals surface area contributed by atoms with Gasteiger partial charge in [0.1, 0.15) is 17.3 Å². The van der Waals surface area contributed by atoms with Gasteiger partial charge in [-0.3, -0.25) is 4.79 Å². The summed E-state index contributed by atoms with van der Waals surface area (Å²) in [5.74, 6) is 0. The van der Waals surface area contributed by atoms with Gasteiger partial charge in [-0.1, -0.05) is 163 Å². The van der Waals surface area contributed by atoms with Crippen molar-refractivity contribution in [3.63, 3.8) is 0 Å². The Balaban J connectivity index is 0.953. The number of carbonyl (C=O) groups is 1. The molecule has 0 N–H and O–H groups in total. The van der Waals surface area contributed by atoms with Crippen LogP contribution in [0.1, 0.15) is 112 Å². The number of fused-ring (bicyclic) bond motifs is 1. The molecule has 10 rings (SSSR count). The minimum Gasteiger partial charge on any atom is -0.311 e. The molecule has 0 aliphatic rings. The van der Waals surface area contributed by atoms with Crippen molar-refractivity contribution in [2.75, 3.05) is 4.90 Å². The Morgan fingerprint density at radius 2 is 0.833 bits per heavy atom. The summed E-state index contributed by atoms with van der Waals surface area (Å²) in [7, 11) is 0. The Kier molecular flexibility index (Phi) is 16.8. The average molecular weight is 1040 g/mol. The zero-order valence-electron chi connectivity index (χ0n) is 41.3. The van der Waals surface area contributed by atoms with Crippen LogP contribution in [-0.2, 0) is 12.8 Å². The fraction of sp³-hybridized carbons (Fsp3) is 0.254. The smallest absolute Gasteiger partial charge is 0.150 e. The molecule has 0 radical (unpaired) electrons. The lowest BCUT2D eigenvalue weighted by atomic mass is 10.0. The number of benzene rings is 5. The Bertz CT molecular complexity index is 3260. The van der Waals surface area contributed by atoms with Crippen LogP contribution in [-0.4, -0.2) is 15.0 Å². The molecule has 5 heterocycles. The molecule has 0 spiro atoms. The summed E-state index contributed by atoms with van der Waals surface area (Å²) in [6, 6.07) is 56.9. The van der Waals surface area contributed by atoms with Crippen LogP contribution in [0.5, 0.6) is 0 Å². The lowest BCUT2D eigenvalue weighted by molar-refractivity contribution is 0.112. The van der Waals surface area contributed by atoms with Crippen LogP contribution in [0.2, 0.25) is 0 Å². The van der Waals surface area contributed by atoms with Crippen LogP contribution in [0.3, 0.4) is 0 Å². The minimum atomic E-state index is 0.701. The highest BCUT2D eigenvalue weighted by Crippen LogP contribution is 2.49. The molecule has 9 heteroatoms. The van der Waals surface area contributed by atoms with Crippen LogP contribution in [0, 0.1) is 0 Å². The molecule has 0 aliphatic heterocycles. The van der Waals surface area contributed by atoms with Crippen LogP contribution < -0.4 is 4.90 Å². The van der Waals surface area contributed by atoms with E-state index in [1.807, 2.05) is 57.5 Å². The van der Waals surface area contributed by atoms with E-state index in [4.69, 9.17) is 8.75 Å². The van der Waals surface area contributed by atoms with Crippen LogP contribution in [0.4, 0.5) is 17.1 Å². The van der Waals surface area contributed by atoms with Crippen LogP contribution >= 0.6 is 57.1 Å². The monoisotopic (exact) mass is 1040 g/mol. The molecule has 4 nitrogen and oxygen atoms in total. The van der Waals surface area contributed by atoms with Gasteiger partial charge >= 0.3 is 0 Å². The number of hydrogen-bond acceptors (Lipinski definition) is 9. The number of aromatic nitrogens is 2. The summed E-state index contributed by atoms with van der Waals surface area (Å²) < 4.78 is 10.1. The molecule has 72 heavy (non-hydrogen) atoms. The maximum absolute atomic E-state index is 11.4. The molecule has 0 amide bonds. The fourth-order valence-corrected chi connectivity index (χ4v) is 15.1. The van der Waals surface area contributed by atoms with Gasteiger partial charge < -0.3 is 4.90 Å². The van der Waals surface area contributed by atoms with E-state index in [1.165, 1.54) is 150 Å². The largest absolute Gasteiger partial charge is 0.311 e. The molecule has 0 fully saturated rings. The van der Waals surface area contributed by atoms with E-state index in [2.05, 4.69) is 164 Å². The van der Waals surface area contributed by atoms with E-state index in [1.54, 1.807) is 0 Å². The number of thiophene rings is 4. The van der Waals surface area contributed by atoms with Crippen molar-refractivity contribution < 1.29 is 4.79 Å². The van der Waals surface area contributed by atoms with Crippen molar-refractivity contribution in [3.8, 4) is 61.3 Å². The molecule has 5 aromatic carbocycles. The third kappa shape index (κ3) is 11.5. The van der Waals surface area contributed by atoms with Crippen molar-refractivity contribution in [1.29, 1.82) is 0 Å². The van der Waals surface area contributed by atoms with Crippen molar-refractivity contribution >= 4 is 91.5 Å². The highest BCUT2D eigenvalue weighted by Gasteiger charge is 2.22. The van der Waals surface area contributed by atoms with E-state index in [9.17, 15) is 4.79 Å². The SMILES string of the molecule is CCCCCCCCc1cc(-c2ccc(-c3cc(CCCCCCCC)c(-c4ccc(-c5ccc(N(c6ccccc6)c6ccccc6)cc5)s4)s3)c3nsnc23)sc1-c1ccc(-c2ccc(C=O)cc2)s1. The van der Waals surface area contributed by atoms with Gasteiger partial charge in [-0.15, -0.1) is 45.3 Å². The second-order valence-corrected chi connectivity index (χ2v) is 23.5. The first kappa shape index (κ1) is 49.8. The first-order valence-electron chi connectivity index (χ1n) is 25.9. The lowest BCUT2D eigenvalue weighted by Gasteiger charge is -2.25. The van der Waals surface area contributed by atoms with Gasteiger partial charge in [-0.05, 0) is 121 Å². The molecule has 364 valence electrons.